The van der Waals surface area contributed by atoms with Crippen LogP contribution in [0.1, 0.15) is 28.9 Å². The molecule has 4 rings (SSSR count). The largest absolute Gasteiger partial charge is 0.366 e. The molecule has 2 aromatic carbocycles. The second kappa shape index (κ2) is 7.17. The Morgan fingerprint density at radius 1 is 1.07 bits per heavy atom. The van der Waals surface area contributed by atoms with E-state index in [1.54, 1.807) is 29.8 Å². The van der Waals surface area contributed by atoms with Crippen LogP contribution in [0.3, 0.4) is 0 Å². The molecule has 27 heavy (non-hydrogen) atoms. The molecule has 1 amide bonds. The summed E-state index contributed by atoms with van der Waals surface area (Å²) >= 11 is 1.56. The van der Waals surface area contributed by atoms with Crippen molar-refractivity contribution in [3.8, 4) is 10.4 Å². The van der Waals surface area contributed by atoms with Gasteiger partial charge in [0.2, 0.25) is 5.91 Å². The maximum absolute atomic E-state index is 11.5. The summed E-state index contributed by atoms with van der Waals surface area (Å²) in [5.74, 6) is 0.363. The third-order valence-corrected chi connectivity index (χ3v) is 5.51. The zero-order valence-corrected chi connectivity index (χ0v) is 15.5. The van der Waals surface area contributed by atoms with Crippen LogP contribution in [0.2, 0.25) is 0 Å². The summed E-state index contributed by atoms with van der Waals surface area (Å²) in [6.45, 7) is 2.10. The topological polar surface area (TPSA) is 80.9 Å². The smallest absolute Gasteiger partial charge is 0.248 e. The molecule has 2 heterocycles. The predicted octanol–water partition coefficient (Wildman–Crippen LogP) is 4.63. The molecular formula is C21H18N4OS. The Morgan fingerprint density at radius 3 is 2.67 bits per heavy atom. The van der Waals surface area contributed by atoms with Gasteiger partial charge >= 0.3 is 0 Å². The van der Waals surface area contributed by atoms with Crippen molar-refractivity contribution >= 4 is 33.3 Å². The number of hydrogen-bond acceptors (Lipinski definition) is 5. The van der Waals surface area contributed by atoms with Crippen LogP contribution in [0, 0.1) is 0 Å². The van der Waals surface area contributed by atoms with Gasteiger partial charge in [0.1, 0.15) is 17.0 Å². The van der Waals surface area contributed by atoms with Gasteiger partial charge in [0.15, 0.2) is 0 Å². The quantitative estimate of drug-likeness (QED) is 0.534. The maximum Gasteiger partial charge on any atom is 0.248 e. The number of aromatic nitrogens is 2. The number of anilines is 1. The van der Waals surface area contributed by atoms with Crippen molar-refractivity contribution in [1.29, 1.82) is 0 Å². The molecule has 3 N–H and O–H groups in total. The van der Waals surface area contributed by atoms with Gasteiger partial charge in [-0.25, -0.2) is 9.97 Å². The molecular weight excluding hydrogens is 356 g/mol. The number of thiophene rings is 1. The van der Waals surface area contributed by atoms with Gasteiger partial charge in [-0.05, 0) is 36.2 Å². The first-order valence-corrected chi connectivity index (χ1v) is 9.40. The zero-order valence-electron chi connectivity index (χ0n) is 14.7. The third kappa shape index (κ3) is 3.52. The number of carbonyl (C=O) groups is 1. The zero-order chi connectivity index (χ0) is 18.8. The normalized spacial score (nSPS) is 12.0. The lowest BCUT2D eigenvalue weighted by Crippen LogP contribution is -2.10. The highest BCUT2D eigenvalue weighted by Crippen LogP contribution is 2.36. The van der Waals surface area contributed by atoms with Crippen molar-refractivity contribution in [1.82, 2.24) is 9.97 Å². The molecule has 0 bridgehead atoms. The van der Waals surface area contributed by atoms with Crippen molar-refractivity contribution < 1.29 is 4.79 Å². The lowest BCUT2D eigenvalue weighted by molar-refractivity contribution is 0.100. The monoisotopic (exact) mass is 374 g/mol. The summed E-state index contributed by atoms with van der Waals surface area (Å²) in [7, 11) is 0. The second-order valence-electron chi connectivity index (χ2n) is 6.27. The molecule has 0 fully saturated rings. The highest BCUT2D eigenvalue weighted by molar-refractivity contribution is 7.21. The van der Waals surface area contributed by atoms with E-state index < -0.39 is 5.91 Å². The Hall–Kier alpha value is -3.25. The molecule has 0 saturated heterocycles. The van der Waals surface area contributed by atoms with Crippen LogP contribution in [-0.2, 0) is 0 Å². The van der Waals surface area contributed by atoms with E-state index >= 15 is 0 Å². The number of rotatable bonds is 5. The Labute approximate surface area is 160 Å². The van der Waals surface area contributed by atoms with Crippen LogP contribution < -0.4 is 11.1 Å². The maximum atomic E-state index is 11.5. The molecule has 0 aliphatic rings. The summed E-state index contributed by atoms with van der Waals surface area (Å²) in [5.41, 5.74) is 8.02. The van der Waals surface area contributed by atoms with Gasteiger partial charge in [0.05, 0.1) is 5.39 Å². The average molecular weight is 374 g/mol. The fourth-order valence-electron chi connectivity index (χ4n) is 2.97. The molecule has 0 saturated carbocycles. The van der Waals surface area contributed by atoms with Gasteiger partial charge < -0.3 is 11.1 Å². The molecule has 0 unspecified atom stereocenters. The third-order valence-electron chi connectivity index (χ3n) is 4.41. The first kappa shape index (κ1) is 17.2. The molecule has 2 aromatic heterocycles. The minimum absolute atomic E-state index is 0.117. The van der Waals surface area contributed by atoms with Gasteiger partial charge in [-0.15, -0.1) is 11.3 Å². The molecule has 134 valence electrons. The summed E-state index contributed by atoms with van der Waals surface area (Å²) in [5, 5.41) is 4.44. The lowest BCUT2D eigenvalue weighted by Gasteiger charge is -2.15. The van der Waals surface area contributed by atoms with Crippen LogP contribution in [0.5, 0.6) is 0 Å². The second-order valence-corrected chi connectivity index (χ2v) is 7.30. The number of nitrogens with zero attached hydrogens (tertiary/aromatic N) is 2. The van der Waals surface area contributed by atoms with Crippen LogP contribution in [0.4, 0.5) is 5.82 Å². The Kier molecular flexibility index (Phi) is 4.56. The molecule has 0 aliphatic heterocycles. The van der Waals surface area contributed by atoms with Crippen LogP contribution in [-0.4, -0.2) is 15.9 Å². The van der Waals surface area contributed by atoms with E-state index in [0.29, 0.717) is 5.56 Å². The summed E-state index contributed by atoms with van der Waals surface area (Å²) in [6, 6.07) is 19.7. The van der Waals surface area contributed by atoms with Crippen LogP contribution >= 0.6 is 11.3 Å². The van der Waals surface area contributed by atoms with Crippen molar-refractivity contribution in [3.63, 3.8) is 0 Å². The van der Waals surface area contributed by atoms with Gasteiger partial charge in [-0.3, -0.25) is 4.79 Å². The molecule has 5 nitrogen and oxygen atoms in total. The van der Waals surface area contributed by atoms with Crippen molar-refractivity contribution in [3.05, 3.63) is 78.1 Å². The van der Waals surface area contributed by atoms with E-state index in [0.717, 1.165) is 26.5 Å². The van der Waals surface area contributed by atoms with Gasteiger partial charge in [0.25, 0.3) is 0 Å². The first-order valence-electron chi connectivity index (χ1n) is 8.58. The summed E-state index contributed by atoms with van der Waals surface area (Å²) in [4.78, 5) is 22.2. The molecule has 0 spiro atoms. The van der Waals surface area contributed by atoms with E-state index in [-0.39, 0.29) is 6.04 Å². The Bertz CT molecular complexity index is 1110. The molecule has 4 aromatic rings. The number of amides is 1. The number of nitrogens with one attached hydrogen (secondary N) is 1. The SMILES string of the molecule is C[C@@H](Nc1ncnc2sc(-c3cccc(C(N)=O)c3)cc12)c1ccccc1. The van der Waals surface area contributed by atoms with Crippen LogP contribution in [0.25, 0.3) is 20.7 Å². The van der Waals surface area contributed by atoms with E-state index in [1.165, 1.54) is 5.56 Å². The standard InChI is InChI=1S/C21H18N4OS/c1-13(14-6-3-2-4-7-14)25-20-17-11-18(27-21(17)24-12-23-20)15-8-5-9-16(10-15)19(22)26/h2-13H,1H3,(H2,22,26)(H,23,24,25)/t13-/m1/s1. The van der Waals surface area contributed by atoms with Crippen molar-refractivity contribution in [2.75, 3.05) is 5.32 Å². The van der Waals surface area contributed by atoms with E-state index in [9.17, 15) is 4.79 Å². The summed E-state index contributed by atoms with van der Waals surface area (Å²) < 4.78 is 0. The van der Waals surface area contributed by atoms with Crippen molar-refractivity contribution in [2.24, 2.45) is 5.73 Å². The summed E-state index contributed by atoms with van der Waals surface area (Å²) in [6.07, 6.45) is 1.57. The predicted molar refractivity (Wildman–Crippen MR) is 110 cm³/mol. The van der Waals surface area contributed by atoms with E-state index in [2.05, 4.69) is 40.4 Å². The molecule has 0 radical (unpaired) electrons. The first-order chi connectivity index (χ1) is 13.1. The van der Waals surface area contributed by atoms with Gasteiger partial charge in [-0.2, -0.15) is 0 Å². The number of benzene rings is 2. The van der Waals surface area contributed by atoms with Gasteiger partial charge in [0, 0.05) is 16.5 Å². The van der Waals surface area contributed by atoms with Crippen LogP contribution in [0.15, 0.2) is 67.0 Å². The van der Waals surface area contributed by atoms with Gasteiger partial charge in [-0.1, -0.05) is 42.5 Å². The van der Waals surface area contributed by atoms with Crippen molar-refractivity contribution in [2.45, 2.75) is 13.0 Å². The number of primary amides is 1. The lowest BCUT2D eigenvalue weighted by atomic mass is 10.1. The molecule has 6 heteroatoms. The number of fused-ring (bicyclic) bond motifs is 1. The minimum atomic E-state index is -0.434. The highest BCUT2D eigenvalue weighted by atomic mass is 32.1. The average Bonchev–Trinajstić information content (AvgIpc) is 3.14. The molecule has 0 aliphatic carbocycles. The minimum Gasteiger partial charge on any atom is -0.366 e. The van der Waals surface area contributed by atoms with E-state index in [4.69, 9.17) is 5.73 Å². The fraction of sp³-hybridized carbons (Fsp3) is 0.0952. The fourth-order valence-corrected chi connectivity index (χ4v) is 3.96. The Morgan fingerprint density at radius 2 is 1.89 bits per heavy atom. The molecule has 1 atom stereocenters. The number of nitrogens with two attached hydrogens (primary N) is 1. The Balaban J connectivity index is 1.70. The van der Waals surface area contributed by atoms with E-state index in [1.807, 2.05) is 30.3 Å². The number of carbonyl (C=O) groups excluding carboxylic acids is 1. The highest BCUT2D eigenvalue weighted by Gasteiger charge is 2.13. The number of hydrogen-bond donors (Lipinski definition) is 2.